The van der Waals surface area contributed by atoms with Gasteiger partial charge in [0.1, 0.15) is 0 Å². The van der Waals surface area contributed by atoms with Crippen molar-refractivity contribution < 1.29 is 9.47 Å². The summed E-state index contributed by atoms with van der Waals surface area (Å²) < 4.78 is 11.2. The normalized spacial score (nSPS) is 30.8. The van der Waals surface area contributed by atoms with E-state index in [1.165, 1.54) is 13.0 Å². The molecule has 18 heavy (non-hydrogen) atoms. The maximum atomic E-state index is 5.67. The van der Waals surface area contributed by atoms with E-state index in [9.17, 15) is 0 Å². The highest BCUT2D eigenvalue weighted by atomic mass is 16.5. The van der Waals surface area contributed by atoms with Crippen molar-refractivity contribution in [3.63, 3.8) is 0 Å². The smallest absolute Gasteiger partial charge is 0.0593 e. The van der Waals surface area contributed by atoms with Gasteiger partial charge in [0.2, 0.25) is 0 Å². The summed E-state index contributed by atoms with van der Waals surface area (Å²) in [6, 6.07) is 0.551. The summed E-state index contributed by atoms with van der Waals surface area (Å²) >= 11 is 0. The topological polar surface area (TPSA) is 33.7 Å². The standard InChI is InChI=1S/C14H28N2O2/c1-13(2)15-10-14(4-8-18-12-14)11-16-5-3-7-17-9-6-16/h13,15H,3-12H2,1-2H3. The molecule has 2 rings (SSSR count). The van der Waals surface area contributed by atoms with Crippen LogP contribution in [0.2, 0.25) is 0 Å². The van der Waals surface area contributed by atoms with Gasteiger partial charge in [-0.3, -0.25) is 0 Å². The Bertz CT molecular complexity index is 232. The van der Waals surface area contributed by atoms with Crippen LogP contribution in [0.5, 0.6) is 0 Å². The molecule has 0 bridgehead atoms. The van der Waals surface area contributed by atoms with Gasteiger partial charge in [0.15, 0.2) is 0 Å². The van der Waals surface area contributed by atoms with Crippen LogP contribution < -0.4 is 5.32 Å². The van der Waals surface area contributed by atoms with Gasteiger partial charge in [0.05, 0.1) is 13.2 Å². The van der Waals surface area contributed by atoms with Gasteiger partial charge in [-0.1, -0.05) is 13.8 Å². The van der Waals surface area contributed by atoms with Crippen molar-refractivity contribution in [3.05, 3.63) is 0 Å². The molecule has 0 radical (unpaired) electrons. The molecule has 0 aromatic heterocycles. The second-order valence-corrected chi connectivity index (χ2v) is 6.08. The fourth-order valence-corrected chi connectivity index (χ4v) is 2.82. The van der Waals surface area contributed by atoms with Crippen LogP contribution in [0.4, 0.5) is 0 Å². The van der Waals surface area contributed by atoms with Crippen molar-refractivity contribution in [2.45, 2.75) is 32.7 Å². The highest BCUT2D eigenvalue weighted by Gasteiger charge is 2.36. The average molecular weight is 256 g/mol. The fourth-order valence-electron chi connectivity index (χ4n) is 2.82. The fraction of sp³-hybridized carbons (Fsp3) is 1.00. The Morgan fingerprint density at radius 3 is 2.78 bits per heavy atom. The molecular weight excluding hydrogens is 228 g/mol. The Kier molecular flexibility index (Phi) is 5.42. The van der Waals surface area contributed by atoms with Gasteiger partial charge < -0.3 is 19.7 Å². The third-order valence-corrected chi connectivity index (χ3v) is 3.94. The lowest BCUT2D eigenvalue weighted by molar-refractivity contribution is 0.0991. The molecule has 2 saturated heterocycles. The molecule has 2 aliphatic rings. The van der Waals surface area contributed by atoms with Gasteiger partial charge in [-0.25, -0.2) is 0 Å². The molecule has 2 fully saturated rings. The summed E-state index contributed by atoms with van der Waals surface area (Å²) in [5.41, 5.74) is 0.314. The quantitative estimate of drug-likeness (QED) is 0.799. The number of nitrogens with one attached hydrogen (secondary N) is 1. The first kappa shape index (κ1) is 14.3. The second kappa shape index (κ2) is 6.85. The molecule has 2 heterocycles. The monoisotopic (exact) mass is 256 g/mol. The van der Waals surface area contributed by atoms with Gasteiger partial charge in [-0.15, -0.1) is 0 Å². The molecular formula is C14H28N2O2. The average Bonchev–Trinajstić information content (AvgIpc) is 2.64. The number of ether oxygens (including phenoxy) is 2. The molecule has 0 aliphatic carbocycles. The molecule has 0 spiro atoms. The molecule has 2 aliphatic heterocycles. The van der Waals surface area contributed by atoms with Crippen LogP contribution in [0.3, 0.4) is 0 Å². The molecule has 4 heteroatoms. The summed E-state index contributed by atoms with van der Waals surface area (Å²) in [7, 11) is 0. The van der Waals surface area contributed by atoms with E-state index in [2.05, 4.69) is 24.1 Å². The predicted molar refractivity (Wildman–Crippen MR) is 72.9 cm³/mol. The van der Waals surface area contributed by atoms with Crippen LogP contribution in [0.15, 0.2) is 0 Å². The van der Waals surface area contributed by atoms with Crippen LogP contribution in [0.1, 0.15) is 26.7 Å². The summed E-state index contributed by atoms with van der Waals surface area (Å²) in [5, 5.41) is 3.60. The van der Waals surface area contributed by atoms with Crippen molar-refractivity contribution in [2.24, 2.45) is 5.41 Å². The van der Waals surface area contributed by atoms with E-state index in [1.54, 1.807) is 0 Å². The lowest BCUT2D eigenvalue weighted by atomic mass is 9.86. The van der Waals surface area contributed by atoms with Crippen LogP contribution in [-0.4, -0.2) is 63.5 Å². The first-order chi connectivity index (χ1) is 8.70. The van der Waals surface area contributed by atoms with E-state index >= 15 is 0 Å². The molecule has 0 aromatic rings. The van der Waals surface area contributed by atoms with E-state index in [-0.39, 0.29) is 0 Å². The number of hydrogen-bond donors (Lipinski definition) is 1. The van der Waals surface area contributed by atoms with Crippen molar-refractivity contribution in [1.82, 2.24) is 10.2 Å². The Labute approximate surface area is 111 Å². The van der Waals surface area contributed by atoms with E-state index < -0.39 is 0 Å². The third kappa shape index (κ3) is 4.19. The van der Waals surface area contributed by atoms with E-state index in [0.29, 0.717) is 11.5 Å². The number of rotatable bonds is 5. The van der Waals surface area contributed by atoms with E-state index in [1.807, 2.05) is 0 Å². The lowest BCUT2D eigenvalue weighted by Crippen LogP contribution is -2.46. The maximum Gasteiger partial charge on any atom is 0.0593 e. The first-order valence-electron chi connectivity index (χ1n) is 7.31. The molecule has 1 unspecified atom stereocenters. The minimum atomic E-state index is 0.314. The second-order valence-electron chi connectivity index (χ2n) is 6.08. The maximum absolute atomic E-state index is 5.67. The van der Waals surface area contributed by atoms with Crippen LogP contribution in [0.25, 0.3) is 0 Å². The zero-order valence-corrected chi connectivity index (χ0v) is 11.9. The van der Waals surface area contributed by atoms with Crippen molar-refractivity contribution in [3.8, 4) is 0 Å². The van der Waals surface area contributed by atoms with Gasteiger partial charge in [-0.05, 0) is 12.8 Å². The predicted octanol–water partition coefficient (Wildman–Crippen LogP) is 1.11. The molecule has 1 N–H and O–H groups in total. The Morgan fingerprint density at radius 2 is 2.06 bits per heavy atom. The molecule has 0 amide bonds. The lowest BCUT2D eigenvalue weighted by Gasteiger charge is -2.34. The highest BCUT2D eigenvalue weighted by molar-refractivity contribution is 4.89. The largest absolute Gasteiger partial charge is 0.381 e. The van der Waals surface area contributed by atoms with Gasteiger partial charge >= 0.3 is 0 Å². The minimum Gasteiger partial charge on any atom is -0.381 e. The Balaban J connectivity index is 1.87. The molecule has 4 nitrogen and oxygen atoms in total. The zero-order chi connectivity index (χ0) is 12.8. The van der Waals surface area contributed by atoms with Crippen molar-refractivity contribution in [1.29, 1.82) is 0 Å². The van der Waals surface area contributed by atoms with E-state index in [0.717, 1.165) is 52.5 Å². The number of nitrogens with zero attached hydrogens (tertiary/aromatic N) is 1. The Morgan fingerprint density at radius 1 is 1.17 bits per heavy atom. The van der Waals surface area contributed by atoms with E-state index in [4.69, 9.17) is 9.47 Å². The summed E-state index contributed by atoms with van der Waals surface area (Å²) in [6.07, 6.45) is 2.35. The summed E-state index contributed by atoms with van der Waals surface area (Å²) in [6.45, 7) is 12.5. The molecule has 1 atom stereocenters. The van der Waals surface area contributed by atoms with Gasteiger partial charge in [0, 0.05) is 50.8 Å². The SMILES string of the molecule is CC(C)NCC1(CN2CCCOCC2)CCOC1. The molecule has 106 valence electrons. The Hall–Kier alpha value is -0.160. The van der Waals surface area contributed by atoms with Crippen molar-refractivity contribution >= 4 is 0 Å². The van der Waals surface area contributed by atoms with Crippen LogP contribution in [-0.2, 0) is 9.47 Å². The zero-order valence-electron chi connectivity index (χ0n) is 11.9. The van der Waals surface area contributed by atoms with Crippen LogP contribution >= 0.6 is 0 Å². The molecule has 0 aromatic carbocycles. The van der Waals surface area contributed by atoms with Gasteiger partial charge in [0.25, 0.3) is 0 Å². The summed E-state index contributed by atoms with van der Waals surface area (Å²) in [5.74, 6) is 0. The molecule has 0 saturated carbocycles. The van der Waals surface area contributed by atoms with Crippen LogP contribution in [0, 0.1) is 5.41 Å². The minimum absolute atomic E-state index is 0.314. The third-order valence-electron chi connectivity index (χ3n) is 3.94. The number of hydrogen-bond acceptors (Lipinski definition) is 4. The highest BCUT2D eigenvalue weighted by Crippen LogP contribution is 2.29. The summed E-state index contributed by atoms with van der Waals surface area (Å²) in [4.78, 5) is 2.56. The van der Waals surface area contributed by atoms with Gasteiger partial charge in [-0.2, -0.15) is 0 Å². The van der Waals surface area contributed by atoms with Crippen molar-refractivity contribution in [2.75, 3.05) is 52.6 Å². The first-order valence-corrected chi connectivity index (χ1v) is 7.31.